The minimum absolute atomic E-state index is 0.0744. The van der Waals surface area contributed by atoms with E-state index in [0.29, 0.717) is 11.3 Å². The molecule has 0 radical (unpaired) electrons. The predicted octanol–water partition coefficient (Wildman–Crippen LogP) is 3.54. The summed E-state index contributed by atoms with van der Waals surface area (Å²) < 4.78 is 40.0. The van der Waals surface area contributed by atoms with Gasteiger partial charge < -0.3 is 19.2 Å². The van der Waals surface area contributed by atoms with Crippen LogP contribution in [0.25, 0.3) is 6.08 Å². The molecule has 3 rings (SSSR count). The first-order chi connectivity index (χ1) is 13.0. The third-order valence-corrected chi connectivity index (χ3v) is 3.97. The number of alkyl halides is 2. The average Bonchev–Trinajstić information content (AvgIpc) is 3.21. The molecule has 9 heteroatoms. The van der Waals surface area contributed by atoms with Crippen molar-refractivity contribution >= 4 is 29.3 Å². The van der Waals surface area contributed by atoms with Gasteiger partial charge in [0.2, 0.25) is 0 Å². The normalized spacial score (nSPS) is 15.6. The lowest BCUT2D eigenvalue weighted by molar-refractivity contribution is -0.122. The van der Waals surface area contributed by atoms with Crippen molar-refractivity contribution < 1.29 is 27.5 Å². The van der Waals surface area contributed by atoms with Gasteiger partial charge in [-0.05, 0) is 55.0 Å². The highest BCUT2D eigenvalue weighted by atomic mass is 32.1. The smallest absolute Gasteiger partial charge is 0.387 e. The summed E-state index contributed by atoms with van der Waals surface area (Å²) in [5, 5.41) is 3.10. The summed E-state index contributed by atoms with van der Waals surface area (Å²) in [4.78, 5) is 14.0. The van der Waals surface area contributed by atoms with Gasteiger partial charge in [0.05, 0.1) is 19.4 Å². The molecule has 0 spiro atoms. The van der Waals surface area contributed by atoms with Gasteiger partial charge in [0.1, 0.15) is 11.5 Å². The van der Waals surface area contributed by atoms with E-state index in [0.717, 1.165) is 0 Å². The minimum Gasteiger partial charge on any atom is -0.490 e. The summed E-state index contributed by atoms with van der Waals surface area (Å²) >= 11 is 5.20. The van der Waals surface area contributed by atoms with Crippen LogP contribution >= 0.6 is 12.2 Å². The van der Waals surface area contributed by atoms with Crippen molar-refractivity contribution in [2.45, 2.75) is 20.1 Å². The Kier molecular flexibility index (Phi) is 5.70. The summed E-state index contributed by atoms with van der Waals surface area (Å²) in [6.45, 7) is -0.748. The highest BCUT2D eigenvalue weighted by Crippen LogP contribution is 2.31. The van der Waals surface area contributed by atoms with E-state index >= 15 is 0 Å². The number of hydrogen-bond donors (Lipinski definition) is 1. The zero-order valence-corrected chi connectivity index (χ0v) is 15.1. The lowest BCUT2D eigenvalue weighted by Crippen LogP contribution is -2.29. The number of thiocarbonyl (C=S) groups is 1. The van der Waals surface area contributed by atoms with Gasteiger partial charge in [-0.1, -0.05) is 6.07 Å². The van der Waals surface area contributed by atoms with Crippen LogP contribution in [-0.4, -0.2) is 29.1 Å². The maximum atomic E-state index is 12.6. The summed E-state index contributed by atoms with van der Waals surface area (Å²) in [7, 11) is 0. The molecule has 2 aromatic rings. The van der Waals surface area contributed by atoms with Gasteiger partial charge in [-0.15, -0.1) is 0 Å². The number of ether oxygens (including phenoxy) is 2. The summed E-state index contributed by atoms with van der Waals surface area (Å²) in [6, 6.07) is 7.89. The number of carbonyl (C=O) groups is 1. The minimum atomic E-state index is -2.96. The molecule has 1 aliphatic rings. The molecule has 1 amide bonds. The summed E-state index contributed by atoms with van der Waals surface area (Å²) in [5.74, 6) is 0.366. The van der Waals surface area contributed by atoms with Gasteiger partial charge in [-0.3, -0.25) is 9.69 Å². The summed E-state index contributed by atoms with van der Waals surface area (Å²) in [6.07, 6.45) is 3.08. The van der Waals surface area contributed by atoms with Crippen molar-refractivity contribution in [1.29, 1.82) is 0 Å². The number of hydrogen-bond acceptors (Lipinski definition) is 5. The molecular weight excluding hydrogens is 378 g/mol. The Balaban J connectivity index is 1.82. The average molecular weight is 394 g/mol. The second kappa shape index (κ2) is 8.17. The Morgan fingerprint density at radius 3 is 2.81 bits per heavy atom. The Labute approximate surface area is 159 Å². The molecule has 1 aromatic carbocycles. The van der Waals surface area contributed by atoms with Gasteiger partial charge in [0, 0.05) is 0 Å². The number of nitrogens with zero attached hydrogens (tertiary/aromatic N) is 1. The molecule has 0 unspecified atom stereocenters. The molecule has 27 heavy (non-hydrogen) atoms. The quantitative estimate of drug-likeness (QED) is 0.573. The van der Waals surface area contributed by atoms with Gasteiger partial charge in [-0.25, -0.2) is 0 Å². The van der Waals surface area contributed by atoms with E-state index in [2.05, 4.69) is 10.1 Å². The van der Waals surface area contributed by atoms with E-state index < -0.39 is 6.61 Å². The molecule has 1 N–H and O–H groups in total. The third kappa shape index (κ3) is 4.43. The fraction of sp³-hybridized carbons (Fsp3) is 0.222. The molecular formula is C18H16F2N2O4S. The van der Waals surface area contributed by atoms with Crippen molar-refractivity contribution in [1.82, 2.24) is 10.2 Å². The van der Waals surface area contributed by atoms with E-state index in [1.165, 1.54) is 23.3 Å². The molecule has 6 nitrogen and oxygen atoms in total. The lowest BCUT2D eigenvalue weighted by Gasteiger charge is -2.12. The molecule has 1 saturated heterocycles. The van der Waals surface area contributed by atoms with Gasteiger partial charge in [0.25, 0.3) is 5.91 Å². The number of amides is 1. The number of furan rings is 1. The monoisotopic (exact) mass is 394 g/mol. The Morgan fingerprint density at radius 2 is 2.15 bits per heavy atom. The maximum absolute atomic E-state index is 12.6. The van der Waals surface area contributed by atoms with E-state index in [4.69, 9.17) is 21.4 Å². The lowest BCUT2D eigenvalue weighted by atomic mass is 10.1. The van der Waals surface area contributed by atoms with E-state index in [1.54, 1.807) is 31.2 Å². The van der Waals surface area contributed by atoms with Crippen LogP contribution in [-0.2, 0) is 11.3 Å². The molecule has 1 fully saturated rings. The zero-order valence-electron chi connectivity index (χ0n) is 14.3. The second-order valence-corrected chi connectivity index (χ2v) is 5.86. The largest absolute Gasteiger partial charge is 0.490 e. The first kappa shape index (κ1) is 18.8. The molecule has 0 aliphatic carbocycles. The van der Waals surface area contributed by atoms with Crippen LogP contribution in [0.2, 0.25) is 0 Å². The SMILES string of the molecule is CCOc1cc(C=C2NC(=S)N(Cc3ccco3)C2=O)ccc1OC(F)F. The predicted molar refractivity (Wildman–Crippen MR) is 97.2 cm³/mol. The topological polar surface area (TPSA) is 63.9 Å². The first-order valence-corrected chi connectivity index (χ1v) is 8.47. The van der Waals surface area contributed by atoms with Crippen LogP contribution in [0.5, 0.6) is 11.5 Å². The van der Waals surface area contributed by atoms with Crippen molar-refractivity contribution in [2.24, 2.45) is 0 Å². The number of halogens is 2. The summed E-state index contributed by atoms with van der Waals surface area (Å²) in [5.41, 5.74) is 0.829. The van der Waals surface area contributed by atoms with Gasteiger partial charge >= 0.3 is 6.61 Å². The third-order valence-electron chi connectivity index (χ3n) is 3.65. The van der Waals surface area contributed by atoms with Crippen LogP contribution in [0.3, 0.4) is 0 Å². The standard InChI is InChI=1S/C18H16F2N2O4S/c1-2-24-15-9-11(5-6-14(15)26-17(19)20)8-13-16(23)22(18(27)21-13)10-12-4-3-7-25-12/h3-9,17H,2,10H2,1H3,(H,21,27). The Bertz CT molecular complexity index is 868. The molecule has 0 saturated carbocycles. The maximum Gasteiger partial charge on any atom is 0.387 e. The highest BCUT2D eigenvalue weighted by molar-refractivity contribution is 7.80. The van der Waals surface area contributed by atoms with Gasteiger partial charge in [0.15, 0.2) is 16.6 Å². The second-order valence-electron chi connectivity index (χ2n) is 5.48. The fourth-order valence-corrected chi connectivity index (χ4v) is 2.77. The van der Waals surface area contributed by atoms with Crippen molar-refractivity contribution in [3.63, 3.8) is 0 Å². The molecule has 1 aromatic heterocycles. The Hall–Kier alpha value is -2.94. The van der Waals surface area contributed by atoms with Crippen molar-refractivity contribution in [3.8, 4) is 11.5 Å². The first-order valence-electron chi connectivity index (χ1n) is 8.06. The molecule has 1 aliphatic heterocycles. The number of nitrogens with one attached hydrogen (secondary N) is 1. The molecule has 2 heterocycles. The number of carbonyl (C=O) groups excluding carboxylic acids is 1. The van der Waals surface area contributed by atoms with E-state index in [1.807, 2.05) is 0 Å². The van der Waals surface area contributed by atoms with Crippen molar-refractivity contribution in [2.75, 3.05) is 6.61 Å². The van der Waals surface area contributed by atoms with Crippen LogP contribution in [0, 0.1) is 0 Å². The van der Waals surface area contributed by atoms with E-state index in [-0.39, 0.29) is 41.4 Å². The van der Waals surface area contributed by atoms with Crippen LogP contribution < -0.4 is 14.8 Å². The Morgan fingerprint density at radius 1 is 1.33 bits per heavy atom. The van der Waals surface area contributed by atoms with Crippen molar-refractivity contribution in [3.05, 3.63) is 53.6 Å². The highest BCUT2D eigenvalue weighted by Gasteiger charge is 2.31. The van der Waals surface area contributed by atoms with Crippen LogP contribution in [0.4, 0.5) is 8.78 Å². The van der Waals surface area contributed by atoms with Crippen LogP contribution in [0.1, 0.15) is 18.2 Å². The number of benzene rings is 1. The van der Waals surface area contributed by atoms with Crippen LogP contribution in [0.15, 0.2) is 46.7 Å². The number of rotatable bonds is 7. The molecule has 0 atom stereocenters. The molecule has 142 valence electrons. The fourth-order valence-electron chi connectivity index (χ4n) is 2.52. The van der Waals surface area contributed by atoms with E-state index in [9.17, 15) is 13.6 Å². The molecule has 0 bridgehead atoms. The zero-order chi connectivity index (χ0) is 19.4. The van der Waals surface area contributed by atoms with Gasteiger partial charge in [-0.2, -0.15) is 8.78 Å².